The van der Waals surface area contributed by atoms with Crippen molar-refractivity contribution >= 4 is 76.2 Å². The van der Waals surface area contributed by atoms with Crippen molar-refractivity contribution in [2.75, 3.05) is 76.4 Å². The van der Waals surface area contributed by atoms with Gasteiger partial charge >= 0.3 is 0 Å². The number of sulfonamides is 2. The quantitative estimate of drug-likeness (QED) is 0.0925. The van der Waals surface area contributed by atoms with Crippen molar-refractivity contribution in [3.05, 3.63) is 115 Å². The Labute approximate surface area is 471 Å². The molecule has 8 rings (SSSR count). The van der Waals surface area contributed by atoms with Crippen molar-refractivity contribution in [1.82, 2.24) is 18.6 Å². The van der Waals surface area contributed by atoms with Crippen molar-refractivity contribution in [3.63, 3.8) is 0 Å². The zero-order chi connectivity index (χ0) is 55.6. The van der Waals surface area contributed by atoms with Gasteiger partial charge in [0.15, 0.2) is 10.3 Å². The molecule has 18 heteroatoms. The van der Waals surface area contributed by atoms with Crippen LogP contribution in [0.25, 0.3) is 22.5 Å². The van der Waals surface area contributed by atoms with Crippen LogP contribution >= 0.6 is 45.9 Å². The standard InChI is InChI=1S/C30H41N3O4S2.C28H35Cl2N3O2S2/c1-19(2)22-15-25(20(3)4)29(26(16-22)21(5)6)39(34,35)33-13-11-32(12-14-33)30-31-27(18-38-30)24-10-9-23(36-7)17-28(24)37-8;1-17(2)20-13-23(18(3)4)27(24(14-20)19(5)6)37(34,35)33-11-9-32(10-12-33)28-31-26(16-36-28)22-8-7-21(29)15-25(22)30/h9-10,15-21H,11-14H2,1-8H3;7-8,13-19H,9-12H2,1-6H3. The monoisotopic (exact) mass is 1150 g/mol. The van der Waals surface area contributed by atoms with Crippen LogP contribution in [0.15, 0.2) is 81.2 Å². The molecular weight excluding hydrogens is 1080 g/mol. The van der Waals surface area contributed by atoms with Gasteiger partial charge in [-0.2, -0.15) is 8.61 Å². The number of rotatable bonds is 16. The van der Waals surface area contributed by atoms with E-state index in [1.165, 1.54) is 11.1 Å². The number of hydrogen-bond acceptors (Lipinski definition) is 12. The maximum Gasteiger partial charge on any atom is 0.243 e. The number of aromatic nitrogens is 2. The fraction of sp³-hybridized carbons (Fsp3) is 0.483. The third-order valence-corrected chi connectivity index (χ3v) is 20.7. The smallest absolute Gasteiger partial charge is 0.243 e. The van der Waals surface area contributed by atoms with Crippen molar-refractivity contribution in [1.29, 1.82) is 0 Å². The SMILES string of the molecule is CC(C)c1cc(C(C)C)c(S(=O)(=O)N2CCN(c3nc(-c4ccc(Cl)cc4Cl)cs3)CC2)c(C(C)C)c1.COc1ccc(-c2csc(N3CCN(S(=O)(=O)c4c(C(C)C)cc(C(C)C)cc4C(C)C)CC3)n2)c(OC)c1. The molecule has 0 amide bonds. The summed E-state index contributed by atoms with van der Waals surface area (Å²) in [5.41, 5.74) is 9.43. The van der Waals surface area contributed by atoms with E-state index < -0.39 is 20.0 Å². The van der Waals surface area contributed by atoms with Crippen LogP contribution in [0.5, 0.6) is 11.5 Å². The Morgan fingerprint density at radius 3 is 1.21 bits per heavy atom. The summed E-state index contributed by atoms with van der Waals surface area (Å²) in [6.07, 6.45) is 0. The molecule has 76 heavy (non-hydrogen) atoms. The maximum atomic E-state index is 14.1. The number of nitrogens with zero attached hydrogens (tertiary/aromatic N) is 6. The Balaban J connectivity index is 0.000000221. The number of ether oxygens (including phenoxy) is 2. The van der Waals surface area contributed by atoms with E-state index in [2.05, 4.69) is 117 Å². The fourth-order valence-corrected chi connectivity index (χ4v) is 16.1. The zero-order valence-electron chi connectivity index (χ0n) is 46.6. The van der Waals surface area contributed by atoms with Gasteiger partial charge in [-0.25, -0.2) is 26.8 Å². The first-order chi connectivity index (χ1) is 35.9. The van der Waals surface area contributed by atoms with Crippen LogP contribution in [0.3, 0.4) is 0 Å². The average Bonchev–Trinajstić information content (AvgIpc) is 4.12. The second-order valence-electron chi connectivity index (χ2n) is 21.5. The van der Waals surface area contributed by atoms with Crippen molar-refractivity contribution < 1.29 is 26.3 Å². The molecule has 0 bridgehead atoms. The van der Waals surface area contributed by atoms with Gasteiger partial charge in [0.25, 0.3) is 0 Å². The summed E-state index contributed by atoms with van der Waals surface area (Å²) in [6, 6.07) is 19.5. The summed E-state index contributed by atoms with van der Waals surface area (Å²) in [7, 11) is -4.04. The fourth-order valence-electron chi connectivity index (χ4n) is 9.65. The first-order valence-corrected chi connectivity index (χ1v) is 31.7. The molecule has 0 spiro atoms. The molecule has 2 fully saturated rings. The molecule has 2 aliphatic rings. The van der Waals surface area contributed by atoms with Gasteiger partial charge in [0.05, 0.1) is 40.4 Å². The molecule has 2 aromatic heterocycles. The second-order valence-corrected chi connectivity index (χ2v) is 27.8. The Bertz CT molecular complexity index is 3150. The highest BCUT2D eigenvalue weighted by Gasteiger charge is 2.37. The number of thiazole rings is 2. The predicted molar refractivity (Wildman–Crippen MR) is 318 cm³/mol. The summed E-state index contributed by atoms with van der Waals surface area (Å²) in [6.45, 7) is 29.3. The Morgan fingerprint density at radius 1 is 0.487 bits per heavy atom. The highest BCUT2D eigenvalue weighted by molar-refractivity contribution is 7.89. The van der Waals surface area contributed by atoms with E-state index in [9.17, 15) is 16.8 Å². The summed E-state index contributed by atoms with van der Waals surface area (Å²) in [4.78, 5) is 15.0. The first kappa shape index (κ1) is 59.4. The molecule has 0 unspecified atom stereocenters. The van der Waals surface area contributed by atoms with E-state index in [1.807, 2.05) is 35.0 Å². The third-order valence-electron chi connectivity index (χ3n) is 14.2. The van der Waals surface area contributed by atoms with E-state index in [-0.39, 0.29) is 23.7 Å². The molecule has 412 valence electrons. The molecular formula is C58H76Cl2N6O6S4. The van der Waals surface area contributed by atoms with Crippen LogP contribution in [0, 0.1) is 0 Å². The van der Waals surface area contributed by atoms with E-state index in [0.717, 1.165) is 60.8 Å². The lowest BCUT2D eigenvalue weighted by Crippen LogP contribution is -2.49. The number of methoxy groups -OCH3 is 2. The van der Waals surface area contributed by atoms with Gasteiger partial charge in [0.1, 0.15) is 11.5 Å². The van der Waals surface area contributed by atoms with Crippen LogP contribution in [-0.2, 0) is 20.0 Å². The Morgan fingerprint density at radius 2 is 0.868 bits per heavy atom. The minimum absolute atomic E-state index is 0.107. The normalized spacial score (nSPS) is 15.2. The second kappa shape index (κ2) is 24.8. The minimum Gasteiger partial charge on any atom is -0.497 e. The summed E-state index contributed by atoms with van der Waals surface area (Å²) in [5.74, 6) is 2.52. The van der Waals surface area contributed by atoms with Crippen molar-refractivity contribution in [3.8, 4) is 34.0 Å². The number of hydrogen-bond donors (Lipinski definition) is 0. The number of piperazine rings is 2. The lowest BCUT2D eigenvalue weighted by atomic mass is 9.89. The highest BCUT2D eigenvalue weighted by Crippen LogP contribution is 2.41. The zero-order valence-corrected chi connectivity index (χ0v) is 51.3. The largest absolute Gasteiger partial charge is 0.497 e. The predicted octanol–water partition coefficient (Wildman–Crippen LogP) is 14.7. The first-order valence-electron chi connectivity index (χ1n) is 26.3. The molecule has 0 radical (unpaired) electrons. The number of anilines is 2. The molecule has 0 aliphatic carbocycles. The molecule has 0 atom stereocenters. The van der Waals surface area contributed by atoms with E-state index in [0.29, 0.717) is 89.8 Å². The minimum atomic E-state index is -3.65. The molecule has 6 aromatic rings. The van der Waals surface area contributed by atoms with E-state index >= 15 is 0 Å². The van der Waals surface area contributed by atoms with Gasteiger partial charge < -0.3 is 19.3 Å². The molecule has 4 aromatic carbocycles. The van der Waals surface area contributed by atoms with Crippen LogP contribution in [0.1, 0.15) is 152 Å². The van der Waals surface area contributed by atoms with Crippen LogP contribution < -0.4 is 19.3 Å². The van der Waals surface area contributed by atoms with E-state index in [1.54, 1.807) is 57.6 Å². The molecule has 0 saturated carbocycles. The molecule has 2 saturated heterocycles. The number of halogens is 2. The Hall–Kier alpha value is -4.26. The van der Waals surface area contributed by atoms with E-state index in [4.69, 9.17) is 42.6 Å². The lowest BCUT2D eigenvalue weighted by Gasteiger charge is -2.35. The van der Waals surface area contributed by atoms with Crippen molar-refractivity contribution in [2.24, 2.45) is 0 Å². The topological polar surface area (TPSA) is 125 Å². The highest BCUT2D eigenvalue weighted by atomic mass is 35.5. The van der Waals surface area contributed by atoms with Crippen LogP contribution in [0.4, 0.5) is 10.3 Å². The van der Waals surface area contributed by atoms with Gasteiger partial charge in [-0.05, 0) is 99.2 Å². The van der Waals surface area contributed by atoms with Crippen LogP contribution in [0.2, 0.25) is 10.0 Å². The number of benzene rings is 4. The summed E-state index contributed by atoms with van der Waals surface area (Å²) < 4.78 is 70.6. The van der Waals surface area contributed by atoms with Crippen LogP contribution in [-0.4, -0.2) is 102 Å². The summed E-state index contributed by atoms with van der Waals surface area (Å²) in [5, 5.41) is 6.89. The van der Waals surface area contributed by atoms with Gasteiger partial charge in [-0.1, -0.05) is 131 Å². The molecule has 4 heterocycles. The molecule has 12 nitrogen and oxygen atoms in total. The molecule has 2 aliphatic heterocycles. The molecule has 0 N–H and O–H groups in total. The average molecular weight is 1150 g/mol. The Kier molecular flexibility index (Phi) is 19.4. The summed E-state index contributed by atoms with van der Waals surface area (Å²) >= 11 is 15.5. The van der Waals surface area contributed by atoms with Gasteiger partial charge in [0, 0.05) is 85.3 Å². The third kappa shape index (κ3) is 12.9. The maximum absolute atomic E-state index is 14.1. The van der Waals surface area contributed by atoms with Gasteiger partial charge in [-0.15, -0.1) is 22.7 Å². The van der Waals surface area contributed by atoms with Gasteiger partial charge in [-0.3, -0.25) is 0 Å². The lowest BCUT2D eigenvalue weighted by molar-refractivity contribution is 0.383. The van der Waals surface area contributed by atoms with Crippen molar-refractivity contribution in [2.45, 2.75) is 128 Å². The van der Waals surface area contributed by atoms with Gasteiger partial charge in [0.2, 0.25) is 20.0 Å².